The van der Waals surface area contributed by atoms with Crippen molar-refractivity contribution in [2.45, 2.75) is 31.8 Å². The molecule has 4 aromatic rings. The number of likely N-dealkylation sites (tertiary alicyclic amines) is 1. The van der Waals surface area contributed by atoms with Crippen molar-refractivity contribution < 1.29 is 0 Å². The number of pyridine rings is 2. The van der Waals surface area contributed by atoms with E-state index in [2.05, 4.69) is 16.0 Å². The Morgan fingerprint density at radius 2 is 1.79 bits per heavy atom. The molecule has 0 amide bonds. The molecule has 0 unspecified atom stereocenters. The standard InChI is InChI=1S/C26H27N5O2/c1-29-25(32)22-12-13-23(20-10-7-15-30(17-20)18-21-11-5-6-14-27-21)28-24(22)31(26(29)33)16-19-8-3-2-4-9-19/h2-6,8-9,11-14,20H,7,10,15-18H2,1H3/t20-/m1/s1. The minimum atomic E-state index is -0.346. The average Bonchev–Trinajstić information content (AvgIpc) is 2.86. The molecule has 0 spiro atoms. The Morgan fingerprint density at radius 3 is 2.58 bits per heavy atom. The Balaban J connectivity index is 1.50. The summed E-state index contributed by atoms with van der Waals surface area (Å²) >= 11 is 0. The van der Waals surface area contributed by atoms with Crippen molar-refractivity contribution in [2.75, 3.05) is 13.1 Å². The Labute approximate surface area is 192 Å². The number of rotatable bonds is 5. The van der Waals surface area contributed by atoms with Gasteiger partial charge in [-0.25, -0.2) is 9.78 Å². The molecule has 1 atom stereocenters. The lowest BCUT2D eigenvalue weighted by molar-refractivity contribution is 0.196. The van der Waals surface area contributed by atoms with E-state index in [0.29, 0.717) is 17.6 Å². The van der Waals surface area contributed by atoms with Gasteiger partial charge in [0.1, 0.15) is 5.65 Å². The van der Waals surface area contributed by atoms with Gasteiger partial charge in [-0.15, -0.1) is 0 Å². The van der Waals surface area contributed by atoms with Crippen LogP contribution >= 0.6 is 0 Å². The highest BCUT2D eigenvalue weighted by Gasteiger charge is 2.24. The molecule has 168 valence electrons. The summed E-state index contributed by atoms with van der Waals surface area (Å²) in [6.07, 6.45) is 3.93. The summed E-state index contributed by atoms with van der Waals surface area (Å²) in [4.78, 5) is 37.6. The summed E-state index contributed by atoms with van der Waals surface area (Å²) in [6, 6.07) is 19.6. The summed E-state index contributed by atoms with van der Waals surface area (Å²) in [7, 11) is 1.52. The molecule has 4 heterocycles. The van der Waals surface area contributed by atoms with E-state index >= 15 is 0 Å². The van der Waals surface area contributed by atoms with Crippen LogP contribution in [0.2, 0.25) is 0 Å². The fraction of sp³-hybridized carbons (Fsp3) is 0.308. The van der Waals surface area contributed by atoms with Gasteiger partial charge in [-0.05, 0) is 49.2 Å². The smallest absolute Gasteiger partial charge is 0.297 e. The van der Waals surface area contributed by atoms with Gasteiger partial charge in [0.2, 0.25) is 0 Å². The zero-order valence-electron chi connectivity index (χ0n) is 18.7. The number of piperidine rings is 1. The van der Waals surface area contributed by atoms with Crippen LogP contribution in [0.25, 0.3) is 11.0 Å². The molecule has 0 saturated carbocycles. The fourth-order valence-electron chi connectivity index (χ4n) is 4.67. The third kappa shape index (κ3) is 4.36. The highest BCUT2D eigenvalue weighted by atomic mass is 16.2. The molecule has 33 heavy (non-hydrogen) atoms. The topological polar surface area (TPSA) is 73.0 Å². The maximum atomic E-state index is 13.0. The van der Waals surface area contributed by atoms with Crippen molar-refractivity contribution >= 4 is 11.0 Å². The predicted molar refractivity (Wildman–Crippen MR) is 128 cm³/mol. The molecule has 5 rings (SSSR count). The van der Waals surface area contributed by atoms with Crippen LogP contribution in [0.1, 0.15) is 35.7 Å². The second kappa shape index (κ2) is 9.11. The van der Waals surface area contributed by atoms with Crippen molar-refractivity contribution in [3.63, 3.8) is 0 Å². The van der Waals surface area contributed by atoms with E-state index in [0.717, 1.165) is 49.4 Å². The number of fused-ring (bicyclic) bond motifs is 1. The normalized spacial score (nSPS) is 16.8. The van der Waals surface area contributed by atoms with Gasteiger partial charge in [-0.3, -0.25) is 23.8 Å². The molecule has 7 heteroatoms. The zero-order valence-corrected chi connectivity index (χ0v) is 18.7. The molecular formula is C26H27N5O2. The number of hydrogen-bond acceptors (Lipinski definition) is 5. The molecular weight excluding hydrogens is 414 g/mol. The van der Waals surface area contributed by atoms with Gasteiger partial charge in [0.05, 0.1) is 17.6 Å². The van der Waals surface area contributed by atoms with Crippen LogP contribution in [0, 0.1) is 0 Å². The molecule has 1 fully saturated rings. The van der Waals surface area contributed by atoms with Crippen molar-refractivity contribution in [1.29, 1.82) is 0 Å². The maximum absolute atomic E-state index is 13.0. The third-order valence-electron chi connectivity index (χ3n) is 6.42. The predicted octanol–water partition coefficient (Wildman–Crippen LogP) is 2.92. The molecule has 0 radical (unpaired) electrons. The SMILES string of the molecule is Cn1c(=O)c2ccc([C@@H]3CCCN(Cc4ccccn4)C3)nc2n(Cc2ccccc2)c1=O. The summed E-state index contributed by atoms with van der Waals surface area (Å²) in [5.74, 6) is 0.246. The second-order valence-electron chi connectivity index (χ2n) is 8.72. The lowest BCUT2D eigenvalue weighted by Gasteiger charge is -2.32. The summed E-state index contributed by atoms with van der Waals surface area (Å²) in [6.45, 7) is 3.09. The first-order valence-electron chi connectivity index (χ1n) is 11.4. The number of benzene rings is 1. The quantitative estimate of drug-likeness (QED) is 0.476. The number of hydrogen-bond donors (Lipinski definition) is 0. The first-order valence-corrected chi connectivity index (χ1v) is 11.4. The van der Waals surface area contributed by atoms with E-state index in [-0.39, 0.29) is 17.2 Å². The lowest BCUT2D eigenvalue weighted by Crippen LogP contribution is -2.39. The van der Waals surface area contributed by atoms with Crippen LogP contribution in [0.15, 0.2) is 76.4 Å². The fourth-order valence-corrected chi connectivity index (χ4v) is 4.67. The molecule has 1 aromatic carbocycles. The van der Waals surface area contributed by atoms with Crippen molar-refractivity contribution in [3.8, 4) is 0 Å². The van der Waals surface area contributed by atoms with E-state index in [1.807, 2.05) is 60.8 Å². The minimum absolute atomic E-state index is 0.246. The van der Waals surface area contributed by atoms with Gasteiger partial charge in [-0.2, -0.15) is 0 Å². The first kappa shape index (κ1) is 21.3. The monoisotopic (exact) mass is 441 g/mol. The summed E-state index contributed by atoms with van der Waals surface area (Å²) in [5, 5.41) is 0.470. The van der Waals surface area contributed by atoms with E-state index in [1.165, 1.54) is 11.6 Å². The van der Waals surface area contributed by atoms with E-state index in [1.54, 1.807) is 4.57 Å². The molecule has 1 saturated heterocycles. The van der Waals surface area contributed by atoms with Crippen LogP contribution in [0.4, 0.5) is 0 Å². The number of aromatic nitrogens is 4. The average molecular weight is 442 g/mol. The molecule has 0 aliphatic carbocycles. The minimum Gasteiger partial charge on any atom is -0.297 e. The summed E-state index contributed by atoms with van der Waals surface area (Å²) < 4.78 is 2.78. The van der Waals surface area contributed by atoms with Crippen LogP contribution in [-0.2, 0) is 20.1 Å². The highest BCUT2D eigenvalue weighted by Crippen LogP contribution is 2.27. The van der Waals surface area contributed by atoms with Crippen LogP contribution in [0.5, 0.6) is 0 Å². The Kier molecular flexibility index (Phi) is 5.88. The number of nitrogens with zero attached hydrogens (tertiary/aromatic N) is 5. The molecule has 1 aliphatic rings. The zero-order chi connectivity index (χ0) is 22.8. The van der Waals surface area contributed by atoms with Gasteiger partial charge in [0.15, 0.2) is 0 Å². The molecule has 7 nitrogen and oxygen atoms in total. The van der Waals surface area contributed by atoms with Crippen molar-refractivity contribution in [3.05, 3.63) is 105 Å². The molecule has 0 N–H and O–H groups in total. The second-order valence-corrected chi connectivity index (χ2v) is 8.72. The Morgan fingerprint density at radius 1 is 0.970 bits per heavy atom. The van der Waals surface area contributed by atoms with Gasteiger partial charge >= 0.3 is 5.69 Å². The van der Waals surface area contributed by atoms with Gasteiger partial charge in [0, 0.05) is 37.9 Å². The van der Waals surface area contributed by atoms with Crippen molar-refractivity contribution in [2.24, 2.45) is 7.05 Å². The molecule has 3 aromatic heterocycles. The van der Waals surface area contributed by atoms with Gasteiger partial charge < -0.3 is 0 Å². The van der Waals surface area contributed by atoms with Crippen LogP contribution < -0.4 is 11.2 Å². The van der Waals surface area contributed by atoms with E-state index < -0.39 is 0 Å². The van der Waals surface area contributed by atoms with Crippen LogP contribution in [-0.4, -0.2) is 37.1 Å². The summed E-state index contributed by atoms with van der Waals surface area (Å²) in [5.41, 5.74) is 2.80. The maximum Gasteiger partial charge on any atom is 0.332 e. The Bertz CT molecular complexity index is 1380. The molecule has 1 aliphatic heterocycles. The third-order valence-corrected chi connectivity index (χ3v) is 6.42. The van der Waals surface area contributed by atoms with Gasteiger partial charge in [-0.1, -0.05) is 36.4 Å². The van der Waals surface area contributed by atoms with Crippen LogP contribution in [0.3, 0.4) is 0 Å². The lowest BCUT2D eigenvalue weighted by atomic mass is 9.94. The highest BCUT2D eigenvalue weighted by molar-refractivity contribution is 5.74. The first-order chi connectivity index (χ1) is 16.1. The van der Waals surface area contributed by atoms with Crippen molar-refractivity contribution in [1.82, 2.24) is 24.0 Å². The molecule has 0 bridgehead atoms. The van der Waals surface area contributed by atoms with Gasteiger partial charge in [0.25, 0.3) is 5.56 Å². The Hall–Kier alpha value is -3.58. The van der Waals surface area contributed by atoms with E-state index in [9.17, 15) is 9.59 Å². The largest absolute Gasteiger partial charge is 0.332 e. The van der Waals surface area contributed by atoms with E-state index in [4.69, 9.17) is 4.98 Å².